The fourth-order valence-electron chi connectivity index (χ4n) is 3.52. The quantitative estimate of drug-likeness (QED) is 0.869. The Balaban J connectivity index is 1.52. The number of allylic oxidation sites excluding steroid dienone is 1. The van der Waals surface area contributed by atoms with E-state index in [9.17, 15) is 4.79 Å². The molecular weight excluding hydrogens is 290 g/mol. The summed E-state index contributed by atoms with van der Waals surface area (Å²) in [5, 5.41) is 3.06. The average Bonchev–Trinajstić information content (AvgIpc) is 3.15. The third kappa shape index (κ3) is 4.02. The highest BCUT2D eigenvalue weighted by Crippen LogP contribution is 2.33. The van der Waals surface area contributed by atoms with E-state index >= 15 is 0 Å². The van der Waals surface area contributed by atoms with Gasteiger partial charge in [-0.05, 0) is 38.0 Å². The van der Waals surface area contributed by atoms with E-state index in [0.717, 1.165) is 37.6 Å². The van der Waals surface area contributed by atoms with Gasteiger partial charge in [0.05, 0.1) is 0 Å². The van der Waals surface area contributed by atoms with E-state index in [4.69, 9.17) is 4.74 Å². The van der Waals surface area contributed by atoms with Crippen molar-refractivity contribution in [1.29, 1.82) is 0 Å². The number of hydrogen-bond acceptors (Lipinski definition) is 3. The number of aryl methyl sites for hydroxylation is 1. The molecule has 1 amide bonds. The van der Waals surface area contributed by atoms with Crippen molar-refractivity contribution in [2.45, 2.75) is 45.1 Å². The van der Waals surface area contributed by atoms with E-state index in [0.29, 0.717) is 12.5 Å². The Bertz CT molecular complexity index is 569. The van der Waals surface area contributed by atoms with Crippen LogP contribution in [0.1, 0.15) is 51.0 Å². The van der Waals surface area contributed by atoms with E-state index in [1.165, 1.54) is 18.4 Å². The molecule has 0 spiro atoms. The molecule has 0 unspecified atom stereocenters. The number of nitrogens with zero attached hydrogens (tertiary/aromatic N) is 2. The fraction of sp³-hybridized carbons (Fsp3) is 0.667. The van der Waals surface area contributed by atoms with Crippen LogP contribution < -0.4 is 5.32 Å². The van der Waals surface area contributed by atoms with Gasteiger partial charge >= 0.3 is 0 Å². The van der Waals surface area contributed by atoms with Crippen molar-refractivity contribution in [3.63, 3.8) is 0 Å². The summed E-state index contributed by atoms with van der Waals surface area (Å²) < 4.78 is 7.83. The molecule has 1 N–H and O–H groups in total. The Morgan fingerprint density at radius 3 is 2.91 bits per heavy atom. The maximum Gasteiger partial charge on any atom is 0.243 e. The van der Waals surface area contributed by atoms with Crippen molar-refractivity contribution in [1.82, 2.24) is 14.9 Å². The lowest BCUT2D eigenvalue weighted by atomic mass is 9.87. The van der Waals surface area contributed by atoms with E-state index in [-0.39, 0.29) is 12.0 Å². The summed E-state index contributed by atoms with van der Waals surface area (Å²) in [6.45, 7) is 3.67. The van der Waals surface area contributed by atoms with Gasteiger partial charge in [0.25, 0.3) is 0 Å². The first kappa shape index (κ1) is 16.2. The van der Waals surface area contributed by atoms with Crippen LogP contribution in [-0.2, 0) is 16.6 Å². The largest absolute Gasteiger partial charge is 0.370 e. The number of rotatable bonds is 4. The molecule has 2 aliphatic rings. The maximum atomic E-state index is 12.2. The minimum Gasteiger partial charge on any atom is -0.370 e. The number of amides is 1. The number of ether oxygens (including phenoxy) is 1. The van der Waals surface area contributed by atoms with Crippen molar-refractivity contribution < 1.29 is 9.53 Å². The predicted octanol–water partition coefficient (Wildman–Crippen LogP) is 2.75. The van der Waals surface area contributed by atoms with Crippen molar-refractivity contribution in [2.24, 2.45) is 18.9 Å². The molecule has 1 aliphatic heterocycles. The van der Waals surface area contributed by atoms with Gasteiger partial charge in [-0.15, -0.1) is 0 Å². The van der Waals surface area contributed by atoms with E-state index in [1.54, 1.807) is 6.20 Å². The summed E-state index contributed by atoms with van der Waals surface area (Å²) in [6, 6.07) is 0. The van der Waals surface area contributed by atoms with Crippen molar-refractivity contribution in [3.8, 4) is 0 Å². The summed E-state index contributed by atoms with van der Waals surface area (Å²) in [7, 11) is 1.98. The maximum absolute atomic E-state index is 12.2. The minimum absolute atomic E-state index is 0.0153. The number of hydrogen-bond donors (Lipinski definition) is 1. The van der Waals surface area contributed by atoms with E-state index < -0.39 is 0 Å². The topological polar surface area (TPSA) is 56.1 Å². The molecule has 2 heterocycles. The van der Waals surface area contributed by atoms with Gasteiger partial charge in [-0.1, -0.05) is 12.5 Å². The molecule has 1 aromatic rings. The Labute approximate surface area is 138 Å². The molecule has 3 rings (SSSR count). The van der Waals surface area contributed by atoms with E-state index in [2.05, 4.69) is 17.2 Å². The molecule has 2 fully saturated rings. The molecule has 5 heteroatoms. The zero-order valence-corrected chi connectivity index (χ0v) is 14.1. The first-order valence-corrected chi connectivity index (χ1v) is 8.69. The third-order valence-electron chi connectivity index (χ3n) is 5.12. The summed E-state index contributed by atoms with van der Waals surface area (Å²) in [5.41, 5.74) is 1.30. The molecule has 1 aliphatic carbocycles. The SMILES string of the molecule is CC1CCC(=CC(=O)NC[C@@H]2CCO[C@H]2c2nccn2C)CC1. The van der Waals surface area contributed by atoms with Crippen molar-refractivity contribution in [2.75, 3.05) is 13.2 Å². The van der Waals surface area contributed by atoms with Gasteiger partial charge in [0, 0.05) is 44.6 Å². The Morgan fingerprint density at radius 2 is 2.22 bits per heavy atom. The number of imidazole rings is 1. The van der Waals surface area contributed by atoms with Crippen LogP contribution >= 0.6 is 0 Å². The van der Waals surface area contributed by atoms with Crippen LogP contribution in [0.2, 0.25) is 0 Å². The summed E-state index contributed by atoms with van der Waals surface area (Å²) >= 11 is 0. The molecular formula is C18H27N3O2. The number of carbonyl (C=O) groups is 1. The predicted molar refractivity (Wildman–Crippen MR) is 88.7 cm³/mol. The summed E-state index contributed by atoms with van der Waals surface area (Å²) in [5.74, 6) is 2.08. The van der Waals surface area contributed by atoms with Gasteiger partial charge < -0.3 is 14.6 Å². The van der Waals surface area contributed by atoms with Crippen LogP contribution in [0.5, 0.6) is 0 Å². The second kappa shape index (κ2) is 7.30. The van der Waals surface area contributed by atoms with Crippen LogP contribution in [0.25, 0.3) is 0 Å². The first-order chi connectivity index (χ1) is 11.1. The van der Waals surface area contributed by atoms with Gasteiger partial charge in [-0.3, -0.25) is 4.79 Å². The molecule has 1 saturated heterocycles. The van der Waals surface area contributed by atoms with Crippen LogP contribution in [0.4, 0.5) is 0 Å². The van der Waals surface area contributed by atoms with Gasteiger partial charge in [-0.2, -0.15) is 0 Å². The Morgan fingerprint density at radius 1 is 1.43 bits per heavy atom. The molecule has 126 valence electrons. The molecule has 1 aromatic heterocycles. The highest BCUT2D eigenvalue weighted by atomic mass is 16.5. The first-order valence-electron chi connectivity index (χ1n) is 8.69. The number of carbonyl (C=O) groups excluding carboxylic acids is 1. The lowest BCUT2D eigenvalue weighted by molar-refractivity contribution is -0.116. The average molecular weight is 317 g/mol. The standard InChI is InChI=1S/C18H27N3O2/c1-13-3-5-14(6-4-13)11-16(22)20-12-15-7-10-23-17(15)18-19-8-9-21(18)2/h8-9,11,13,15,17H,3-7,10,12H2,1-2H3,(H,20,22)/t13?,15-,17+/m0/s1. The molecule has 1 saturated carbocycles. The smallest absolute Gasteiger partial charge is 0.243 e. The Kier molecular flexibility index (Phi) is 5.16. The highest BCUT2D eigenvalue weighted by Gasteiger charge is 2.32. The highest BCUT2D eigenvalue weighted by molar-refractivity contribution is 5.88. The van der Waals surface area contributed by atoms with Gasteiger partial charge in [0.1, 0.15) is 11.9 Å². The molecule has 5 nitrogen and oxygen atoms in total. The van der Waals surface area contributed by atoms with E-state index in [1.807, 2.05) is 23.9 Å². The van der Waals surface area contributed by atoms with Crippen LogP contribution in [0.3, 0.4) is 0 Å². The number of aromatic nitrogens is 2. The molecule has 0 radical (unpaired) electrons. The molecule has 0 bridgehead atoms. The van der Waals surface area contributed by atoms with Gasteiger partial charge in [-0.25, -0.2) is 4.98 Å². The van der Waals surface area contributed by atoms with Gasteiger partial charge in [0.15, 0.2) is 0 Å². The normalized spacial score (nSPS) is 27.9. The Hall–Kier alpha value is -1.62. The molecule has 23 heavy (non-hydrogen) atoms. The third-order valence-corrected chi connectivity index (χ3v) is 5.12. The number of nitrogens with one attached hydrogen (secondary N) is 1. The lowest BCUT2D eigenvalue weighted by Crippen LogP contribution is -2.30. The van der Waals surface area contributed by atoms with Crippen molar-refractivity contribution >= 4 is 5.91 Å². The van der Waals surface area contributed by atoms with Crippen LogP contribution in [0.15, 0.2) is 24.0 Å². The lowest BCUT2D eigenvalue weighted by Gasteiger charge is -2.20. The zero-order chi connectivity index (χ0) is 16.2. The van der Waals surface area contributed by atoms with Crippen LogP contribution in [0, 0.1) is 11.8 Å². The molecule has 0 aromatic carbocycles. The minimum atomic E-state index is -0.0153. The second-order valence-corrected chi connectivity index (χ2v) is 6.97. The fourth-order valence-corrected chi connectivity index (χ4v) is 3.52. The monoisotopic (exact) mass is 317 g/mol. The zero-order valence-electron chi connectivity index (χ0n) is 14.1. The summed E-state index contributed by atoms with van der Waals surface area (Å²) in [4.78, 5) is 16.5. The van der Waals surface area contributed by atoms with Crippen molar-refractivity contribution in [3.05, 3.63) is 29.9 Å². The molecule has 2 atom stereocenters. The summed E-state index contributed by atoms with van der Waals surface area (Å²) in [6.07, 6.45) is 11.0. The van der Waals surface area contributed by atoms with Crippen LogP contribution in [-0.4, -0.2) is 28.6 Å². The van der Waals surface area contributed by atoms with Gasteiger partial charge in [0.2, 0.25) is 5.91 Å². The second-order valence-electron chi connectivity index (χ2n) is 6.97.